The fourth-order valence-corrected chi connectivity index (χ4v) is 6.46. The zero-order valence-electron chi connectivity index (χ0n) is 25.0. The third-order valence-corrected chi connectivity index (χ3v) is 9.18. The van der Waals surface area contributed by atoms with E-state index >= 15 is 0 Å². The van der Waals surface area contributed by atoms with Gasteiger partial charge in [0, 0.05) is 23.8 Å². The number of unbranched alkanes of at least 4 members (excludes halogenated alkanes) is 4. The number of phenols is 2. The topological polar surface area (TPSA) is 87.0 Å². The molecule has 3 rings (SSSR count). The van der Waals surface area contributed by atoms with Gasteiger partial charge in [0.15, 0.2) is 0 Å². The first kappa shape index (κ1) is 34.5. The molecule has 1 aliphatic rings. The molecule has 5 nitrogen and oxygen atoms in total. The molecule has 0 amide bonds. The molecular formula is C33H43F5O5. The second-order valence-electron chi connectivity index (χ2n) is 12.7. The Hall–Kier alpha value is -3.04. The number of hydrogen-bond acceptors (Lipinski definition) is 4. The smallest absolute Gasteiger partial charge is 0.453 e. The van der Waals surface area contributed by atoms with Crippen molar-refractivity contribution < 1.29 is 46.8 Å². The van der Waals surface area contributed by atoms with Crippen LogP contribution in [0.1, 0.15) is 102 Å². The quantitative estimate of drug-likeness (QED) is 0.137. The van der Waals surface area contributed by atoms with E-state index in [0.717, 1.165) is 43.2 Å². The highest BCUT2D eigenvalue weighted by Gasteiger charge is 2.56. The van der Waals surface area contributed by atoms with Gasteiger partial charge in [0.05, 0.1) is 12.0 Å². The number of halogens is 5. The third-order valence-electron chi connectivity index (χ3n) is 9.18. The molecule has 0 bridgehead atoms. The Labute approximate surface area is 250 Å². The Balaban J connectivity index is 1.53. The first-order valence-electron chi connectivity index (χ1n) is 14.9. The van der Waals surface area contributed by atoms with Gasteiger partial charge in [-0.3, -0.25) is 4.79 Å². The number of alkyl halides is 5. The largest absolute Gasteiger partial charge is 0.508 e. The fraction of sp³-hybridized carbons (Fsp3) is 0.606. The molecule has 0 radical (unpaired) electrons. The average Bonchev–Trinajstić information content (AvgIpc) is 2.92. The number of rotatable bonds is 15. The van der Waals surface area contributed by atoms with Crippen LogP contribution < -0.4 is 4.74 Å². The minimum Gasteiger partial charge on any atom is -0.508 e. The van der Waals surface area contributed by atoms with Gasteiger partial charge in [-0.15, -0.1) is 0 Å². The molecule has 1 aliphatic heterocycles. The standard InChI is InChI=1S/C33H43F5O5/c1-22(10-7-5-4-6-8-17-30(2,29(41)42)18-9-19-32(34,35)33(36,37)38)28-26-16-15-25(40)20-27(26)43-21-31(28,3)23-11-13-24(39)14-12-23/h11-16,20,22,28,39-40H,4-10,17-19,21H2,1-3H3,(H,41,42). The summed E-state index contributed by atoms with van der Waals surface area (Å²) in [6, 6.07) is 12.4. The van der Waals surface area contributed by atoms with Crippen LogP contribution in [0.5, 0.6) is 17.2 Å². The van der Waals surface area contributed by atoms with E-state index in [-0.39, 0.29) is 41.6 Å². The highest BCUT2D eigenvalue weighted by molar-refractivity contribution is 5.74. The van der Waals surface area contributed by atoms with Crippen molar-refractivity contribution >= 4 is 5.97 Å². The number of carboxylic acid groups (broad SMARTS) is 1. The summed E-state index contributed by atoms with van der Waals surface area (Å²) in [5.74, 6) is -4.68. The molecule has 4 unspecified atom stereocenters. The van der Waals surface area contributed by atoms with Crippen LogP contribution in [-0.4, -0.2) is 40.0 Å². The van der Waals surface area contributed by atoms with E-state index in [2.05, 4.69) is 13.8 Å². The van der Waals surface area contributed by atoms with Gasteiger partial charge in [0.2, 0.25) is 0 Å². The number of phenolic OH excluding ortho intramolecular Hbond substituents is 2. The summed E-state index contributed by atoms with van der Waals surface area (Å²) >= 11 is 0. The van der Waals surface area contributed by atoms with Gasteiger partial charge < -0.3 is 20.1 Å². The minimum atomic E-state index is -5.63. The number of hydrogen-bond donors (Lipinski definition) is 3. The Morgan fingerprint density at radius 2 is 1.49 bits per heavy atom. The Bertz CT molecular complexity index is 1220. The lowest BCUT2D eigenvalue weighted by molar-refractivity contribution is -0.284. The monoisotopic (exact) mass is 614 g/mol. The number of ether oxygens (including phenoxy) is 1. The van der Waals surface area contributed by atoms with Gasteiger partial charge in [-0.1, -0.05) is 70.6 Å². The predicted octanol–water partition coefficient (Wildman–Crippen LogP) is 9.36. The first-order valence-corrected chi connectivity index (χ1v) is 14.9. The number of aromatic hydroxyl groups is 2. The van der Waals surface area contributed by atoms with Crippen LogP contribution in [-0.2, 0) is 10.2 Å². The van der Waals surface area contributed by atoms with E-state index < -0.39 is 36.3 Å². The summed E-state index contributed by atoms with van der Waals surface area (Å²) in [7, 11) is 0. The van der Waals surface area contributed by atoms with Crippen molar-refractivity contribution in [2.75, 3.05) is 6.61 Å². The lowest BCUT2D eigenvalue weighted by Gasteiger charge is -2.45. The number of aliphatic carboxylic acids is 1. The van der Waals surface area contributed by atoms with Gasteiger partial charge in [-0.2, -0.15) is 22.0 Å². The summed E-state index contributed by atoms with van der Waals surface area (Å²) in [4.78, 5) is 11.8. The minimum absolute atomic E-state index is 0.0855. The maximum atomic E-state index is 13.2. The lowest BCUT2D eigenvalue weighted by atomic mass is 9.62. The maximum absolute atomic E-state index is 13.2. The van der Waals surface area contributed by atoms with Crippen LogP contribution in [0.15, 0.2) is 42.5 Å². The van der Waals surface area contributed by atoms with E-state index in [1.165, 1.54) is 6.92 Å². The number of carbonyl (C=O) groups is 1. The zero-order chi connectivity index (χ0) is 32.1. The van der Waals surface area contributed by atoms with Crippen molar-refractivity contribution in [3.05, 3.63) is 53.6 Å². The van der Waals surface area contributed by atoms with Gasteiger partial charge in [-0.25, -0.2) is 0 Å². The Morgan fingerprint density at radius 3 is 2.12 bits per heavy atom. The van der Waals surface area contributed by atoms with E-state index in [9.17, 15) is 42.1 Å². The molecular weight excluding hydrogens is 571 g/mol. The SMILES string of the molecule is CC(CCCCCCCC(C)(CCCC(F)(F)C(F)(F)F)C(=O)O)C1c2ccc(O)cc2OCC1(C)c1ccc(O)cc1. The molecule has 0 aromatic heterocycles. The van der Waals surface area contributed by atoms with E-state index in [0.29, 0.717) is 18.8 Å². The molecule has 2 aromatic rings. The van der Waals surface area contributed by atoms with E-state index in [4.69, 9.17) is 4.74 Å². The van der Waals surface area contributed by atoms with E-state index in [1.54, 1.807) is 24.3 Å². The number of benzene rings is 2. The van der Waals surface area contributed by atoms with Crippen molar-refractivity contribution in [2.45, 2.75) is 108 Å². The molecule has 4 atom stereocenters. The molecule has 2 aromatic carbocycles. The van der Waals surface area contributed by atoms with Crippen LogP contribution in [0.3, 0.4) is 0 Å². The van der Waals surface area contributed by atoms with Crippen LogP contribution in [0, 0.1) is 11.3 Å². The van der Waals surface area contributed by atoms with Gasteiger partial charge in [-0.05, 0) is 61.4 Å². The highest BCUT2D eigenvalue weighted by atomic mass is 19.4. The molecule has 0 aliphatic carbocycles. The average molecular weight is 615 g/mol. The van der Waals surface area contributed by atoms with Crippen molar-refractivity contribution in [3.8, 4) is 17.2 Å². The predicted molar refractivity (Wildman–Crippen MR) is 154 cm³/mol. The fourth-order valence-electron chi connectivity index (χ4n) is 6.46. The summed E-state index contributed by atoms with van der Waals surface area (Å²) in [5, 5.41) is 29.5. The summed E-state index contributed by atoms with van der Waals surface area (Å²) < 4.78 is 69.9. The molecule has 0 spiro atoms. The van der Waals surface area contributed by atoms with E-state index in [1.807, 2.05) is 18.2 Å². The second-order valence-corrected chi connectivity index (χ2v) is 12.7. The summed E-state index contributed by atoms with van der Waals surface area (Å²) in [5.41, 5.74) is 0.347. The van der Waals surface area contributed by atoms with Crippen LogP contribution >= 0.6 is 0 Å². The Morgan fingerprint density at radius 1 is 0.907 bits per heavy atom. The van der Waals surface area contributed by atoms with Gasteiger partial charge >= 0.3 is 18.1 Å². The first-order chi connectivity index (χ1) is 20.0. The lowest BCUT2D eigenvalue weighted by Crippen LogP contribution is -2.43. The van der Waals surface area contributed by atoms with Crippen molar-refractivity contribution in [1.82, 2.24) is 0 Å². The Kier molecular flexibility index (Phi) is 11.0. The maximum Gasteiger partial charge on any atom is 0.453 e. The molecule has 10 heteroatoms. The van der Waals surface area contributed by atoms with Crippen molar-refractivity contribution in [2.24, 2.45) is 11.3 Å². The van der Waals surface area contributed by atoms with Crippen LogP contribution in [0.25, 0.3) is 0 Å². The molecule has 43 heavy (non-hydrogen) atoms. The van der Waals surface area contributed by atoms with Gasteiger partial charge in [0.25, 0.3) is 0 Å². The molecule has 0 saturated carbocycles. The molecule has 240 valence electrons. The number of fused-ring (bicyclic) bond motifs is 1. The zero-order valence-corrected chi connectivity index (χ0v) is 25.0. The molecule has 3 N–H and O–H groups in total. The molecule has 0 fully saturated rings. The summed E-state index contributed by atoms with van der Waals surface area (Å²) in [6.07, 6.45) is -2.71. The second kappa shape index (κ2) is 13.7. The highest BCUT2D eigenvalue weighted by Crippen LogP contribution is 2.52. The van der Waals surface area contributed by atoms with Crippen LogP contribution in [0.2, 0.25) is 0 Å². The van der Waals surface area contributed by atoms with Crippen molar-refractivity contribution in [3.63, 3.8) is 0 Å². The van der Waals surface area contributed by atoms with Crippen molar-refractivity contribution in [1.29, 1.82) is 0 Å². The molecule has 0 saturated heterocycles. The van der Waals surface area contributed by atoms with Gasteiger partial charge in [0.1, 0.15) is 17.2 Å². The number of carboxylic acids is 1. The third kappa shape index (κ3) is 8.32. The molecule has 1 heterocycles. The van der Waals surface area contributed by atoms with Crippen LogP contribution in [0.4, 0.5) is 22.0 Å². The summed E-state index contributed by atoms with van der Waals surface area (Å²) in [6.45, 7) is 6.19. The normalized spacial score (nSPS) is 21.0.